The maximum atomic E-state index is 6.26. The summed E-state index contributed by atoms with van der Waals surface area (Å²) < 4.78 is 10.7. The molecule has 13 aromatic rings. The van der Waals surface area contributed by atoms with Crippen LogP contribution in [-0.2, 0) is 0 Å². The van der Waals surface area contributed by atoms with Gasteiger partial charge >= 0.3 is 0 Å². The van der Waals surface area contributed by atoms with Crippen molar-refractivity contribution in [2.75, 3.05) is 0 Å². The maximum absolute atomic E-state index is 6.26. The molecule has 63 heavy (non-hydrogen) atoms. The number of furan rings is 1. The summed E-state index contributed by atoms with van der Waals surface area (Å²) in [5.74, 6) is 1.65. The van der Waals surface area contributed by atoms with E-state index in [4.69, 9.17) is 19.4 Å². The van der Waals surface area contributed by atoms with Crippen molar-refractivity contribution in [3.8, 4) is 56.7 Å². The van der Waals surface area contributed by atoms with Gasteiger partial charge in [-0.2, -0.15) is 15.0 Å². The summed E-state index contributed by atoms with van der Waals surface area (Å²) in [5.41, 5.74) is 13.4. The fourth-order valence-electron chi connectivity index (χ4n) is 9.39. The Kier molecular flexibility index (Phi) is 7.80. The average molecular weight is 806 g/mol. The van der Waals surface area contributed by atoms with Crippen LogP contribution in [-0.4, -0.2) is 24.1 Å². The van der Waals surface area contributed by atoms with Gasteiger partial charge in [0.25, 0.3) is 0 Å². The largest absolute Gasteiger partial charge is 0.456 e. The van der Waals surface area contributed by atoms with E-state index in [1.807, 2.05) is 18.2 Å². The highest BCUT2D eigenvalue weighted by Gasteiger charge is 2.21. The van der Waals surface area contributed by atoms with Gasteiger partial charge in [-0.05, 0) is 75.8 Å². The number of nitrogens with zero attached hydrogens (tertiary/aromatic N) is 5. The molecule has 0 fully saturated rings. The van der Waals surface area contributed by atoms with Gasteiger partial charge in [-0.3, -0.25) is 9.13 Å². The molecule has 0 spiro atoms. The number of para-hydroxylation sites is 3. The Labute approximate surface area is 361 Å². The highest BCUT2D eigenvalue weighted by molar-refractivity contribution is 6.11. The summed E-state index contributed by atoms with van der Waals surface area (Å²) in [6.45, 7) is 0. The van der Waals surface area contributed by atoms with Crippen LogP contribution in [0.5, 0.6) is 0 Å². The first kappa shape index (κ1) is 35.2. The number of rotatable bonds is 6. The molecule has 0 aliphatic carbocycles. The molecule has 0 bridgehead atoms. The van der Waals surface area contributed by atoms with Gasteiger partial charge in [0.2, 0.25) is 11.9 Å². The molecule has 0 unspecified atom stereocenters. The van der Waals surface area contributed by atoms with Crippen molar-refractivity contribution >= 4 is 65.6 Å². The SMILES string of the molecule is c1ccc(-c2ccc3c4ccccc4n(-c4nc(-c5ccc(-c6ccc7c(c6)oc6ccccc67)cc5)nc(-n5c6ccccc6c6ccc(-c7ccccc7)cc65)n4)c3c2)cc1. The minimum Gasteiger partial charge on any atom is -0.456 e. The second-order valence-electron chi connectivity index (χ2n) is 16.0. The molecular weight excluding hydrogens is 771 g/mol. The summed E-state index contributed by atoms with van der Waals surface area (Å²) in [7, 11) is 0. The molecule has 0 atom stereocenters. The Morgan fingerprint density at radius 2 is 0.667 bits per heavy atom. The van der Waals surface area contributed by atoms with Crippen molar-refractivity contribution in [2.24, 2.45) is 0 Å². The Bertz CT molecular complexity index is 3720. The third-order valence-electron chi connectivity index (χ3n) is 12.4. The molecule has 0 radical (unpaired) electrons. The zero-order chi connectivity index (χ0) is 41.4. The Morgan fingerprint density at radius 3 is 1.24 bits per heavy atom. The van der Waals surface area contributed by atoms with E-state index in [2.05, 4.69) is 203 Å². The van der Waals surface area contributed by atoms with Gasteiger partial charge in [0.1, 0.15) is 11.2 Å². The fraction of sp³-hybridized carbons (Fsp3) is 0. The lowest BCUT2D eigenvalue weighted by Crippen LogP contribution is -2.10. The second-order valence-corrected chi connectivity index (χ2v) is 16.0. The topological polar surface area (TPSA) is 61.7 Å². The van der Waals surface area contributed by atoms with Crippen molar-refractivity contribution in [1.82, 2.24) is 24.1 Å². The van der Waals surface area contributed by atoms with Crippen LogP contribution in [0.4, 0.5) is 0 Å². The fourth-order valence-corrected chi connectivity index (χ4v) is 9.39. The van der Waals surface area contributed by atoms with Gasteiger partial charge < -0.3 is 4.42 Å². The minimum atomic E-state index is 0.538. The molecule has 9 aromatic carbocycles. The lowest BCUT2D eigenvalue weighted by molar-refractivity contribution is 0.669. The summed E-state index contributed by atoms with van der Waals surface area (Å²) >= 11 is 0. The van der Waals surface area contributed by atoms with Crippen LogP contribution in [0.15, 0.2) is 217 Å². The van der Waals surface area contributed by atoms with Crippen molar-refractivity contribution in [1.29, 1.82) is 0 Å². The summed E-state index contributed by atoms with van der Waals surface area (Å²) in [4.78, 5) is 16.2. The zero-order valence-electron chi connectivity index (χ0n) is 33.9. The third-order valence-corrected chi connectivity index (χ3v) is 12.4. The van der Waals surface area contributed by atoms with Gasteiger partial charge in [-0.15, -0.1) is 0 Å². The third kappa shape index (κ3) is 5.69. The molecule has 4 aromatic heterocycles. The number of hydrogen-bond acceptors (Lipinski definition) is 4. The van der Waals surface area contributed by atoms with Crippen LogP contribution in [0.3, 0.4) is 0 Å². The molecule has 0 amide bonds. The van der Waals surface area contributed by atoms with Crippen molar-refractivity contribution in [3.05, 3.63) is 212 Å². The summed E-state index contributed by atoms with van der Waals surface area (Å²) in [6, 6.07) is 74.5. The highest BCUT2D eigenvalue weighted by Crippen LogP contribution is 2.38. The molecule has 0 N–H and O–H groups in total. The predicted molar refractivity (Wildman–Crippen MR) is 258 cm³/mol. The molecule has 0 saturated heterocycles. The van der Waals surface area contributed by atoms with Crippen molar-refractivity contribution in [2.45, 2.75) is 0 Å². The van der Waals surface area contributed by atoms with Crippen LogP contribution in [0.2, 0.25) is 0 Å². The summed E-state index contributed by atoms with van der Waals surface area (Å²) in [6.07, 6.45) is 0. The first-order valence-corrected chi connectivity index (χ1v) is 21.2. The van der Waals surface area contributed by atoms with E-state index in [0.717, 1.165) is 104 Å². The molecule has 0 aliphatic heterocycles. The molecule has 0 saturated carbocycles. The molecule has 6 nitrogen and oxygen atoms in total. The summed E-state index contributed by atoms with van der Waals surface area (Å²) in [5, 5.41) is 6.75. The molecule has 13 rings (SSSR count). The van der Waals surface area contributed by atoms with Crippen LogP contribution in [0.1, 0.15) is 0 Å². The molecule has 6 heteroatoms. The number of benzene rings is 9. The molecular formula is C57H35N5O. The molecule has 0 aliphatic rings. The Hall–Kier alpha value is -8.61. The van der Waals surface area contributed by atoms with Gasteiger partial charge in [-0.1, -0.05) is 170 Å². The second kappa shape index (κ2) is 14.0. The molecule has 294 valence electrons. The quantitative estimate of drug-likeness (QED) is 0.168. The minimum absolute atomic E-state index is 0.538. The molecule has 4 heterocycles. The van der Waals surface area contributed by atoms with Gasteiger partial charge in [0, 0.05) is 37.9 Å². The lowest BCUT2D eigenvalue weighted by atomic mass is 10.0. The van der Waals surface area contributed by atoms with Crippen molar-refractivity contribution < 1.29 is 4.42 Å². The first-order chi connectivity index (χ1) is 31.2. The van der Waals surface area contributed by atoms with Gasteiger partial charge in [0.05, 0.1) is 22.1 Å². The highest BCUT2D eigenvalue weighted by atomic mass is 16.3. The van der Waals surface area contributed by atoms with Crippen LogP contribution >= 0.6 is 0 Å². The standard InChI is InChI=1S/C57H35N5O/c1-3-13-36(14-4-1)40-27-30-45-43-17-7-10-20-49(43)61(51(45)33-40)56-58-55(39-25-23-38(24-26-39)42-29-32-48-47-19-9-12-22-53(47)63-54(48)35-42)59-57(60-56)62-50-21-11-8-18-44(50)46-31-28-41(34-52(46)62)37-15-5-2-6-16-37/h1-35H. The van der Waals surface area contributed by atoms with Gasteiger partial charge in [0.15, 0.2) is 5.82 Å². The lowest BCUT2D eigenvalue weighted by Gasteiger charge is -2.13. The van der Waals surface area contributed by atoms with E-state index in [1.54, 1.807) is 0 Å². The van der Waals surface area contributed by atoms with Crippen molar-refractivity contribution in [3.63, 3.8) is 0 Å². The number of aromatic nitrogens is 5. The van der Waals surface area contributed by atoms with Crippen LogP contribution < -0.4 is 0 Å². The number of hydrogen-bond donors (Lipinski definition) is 0. The average Bonchev–Trinajstić information content (AvgIpc) is 4.01. The van der Waals surface area contributed by atoms with Crippen LogP contribution in [0.25, 0.3) is 122 Å². The Balaban J connectivity index is 1.04. The number of fused-ring (bicyclic) bond motifs is 9. The normalized spacial score (nSPS) is 11.8. The van der Waals surface area contributed by atoms with E-state index in [-0.39, 0.29) is 0 Å². The van der Waals surface area contributed by atoms with E-state index in [1.165, 1.54) is 0 Å². The smallest absolute Gasteiger partial charge is 0.240 e. The Morgan fingerprint density at radius 1 is 0.270 bits per heavy atom. The zero-order valence-corrected chi connectivity index (χ0v) is 33.9. The first-order valence-electron chi connectivity index (χ1n) is 21.2. The van der Waals surface area contributed by atoms with E-state index in [9.17, 15) is 0 Å². The van der Waals surface area contributed by atoms with Crippen LogP contribution in [0, 0.1) is 0 Å². The monoisotopic (exact) mass is 805 g/mol. The predicted octanol–water partition coefficient (Wildman–Crippen LogP) is 14.6. The van der Waals surface area contributed by atoms with E-state index in [0.29, 0.717) is 17.7 Å². The van der Waals surface area contributed by atoms with Gasteiger partial charge in [-0.25, -0.2) is 0 Å². The van der Waals surface area contributed by atoms with E-state index >= 15 is 0 Å². The maximum Gasteiger partial charge on any atom is 0.240 e. The van der Waals surface area contributed by atoms with E-state index < -0.39 is 0 Å².